The van der Waals surface area contributed by atoms with Crippen LogP contribution >= 0.6 is 11.3 Å². The Morgan fingerprint density at radius 2 is 2.04 bits per heavy atom. The normalized spacial score (nSPS) is 21.9. The Labute approximate surface area is 160 Å². The Kier molecular flexibility index (Phi) is 7.08. The topological polar surface area (TPSA) is 52.7 Å². The highest BCUT2D eigenvalue weighted by molar-refractivity contribution is 7.10. The average Bonchev–Trinajstić information content (AvgIpc) is 3.31. The van der Waals surface area contributed by atoms with Crippen molar-refractivity contribution in [3.05, 3.63) is 22.4 Å². The summed E-state index contributed by atoms with van der Waals surface area (Å²) in [7, 11) is 0. The monoisotopic (exact) mass is 377 g/mol. The molecule has 2 aliphatic rings. The Hall–Kier alpha value is -1.40. The summed E-state index contributed by atoms with van der Waals surface area (Å²) in [5.74, 6) is 0.952. The summed E-state index contributed by atoms with van der Waals surface area (Å²) in [6, 6.07) is 3.66. The van der Waals surface area contributed by atoms with E-state index in [1.165, 1.54) is 25.9 Å². The summed E-state index contributed by atoms with van der Waals surface area (Å²) in [4.78, 5) is 30.4. The summed E-state index contributed by atoms with van der Waals surface area (Å²) >= 11 is 1.60. The summed E-state index contributed by atoms with van der Waals surface area (Å²) < 4.78 is 0. The van der Waals surface area contributed by atoms with Crippen molar-refractivity contribution in [1.29, 1.82) is 0 Å². The van der Waals surface area contributed by atoms with E-state index in [4.69, 9.17) is 0 Å². The Bertz CT molecular complexity index is 582. The van der Waals surface area contributed by atoms with Gasteiger partial charge in [-0.1, -0.05) is 13.0 Å². The van der Waals surface area contributed by atoms with E-state index in [0.717, 1.165) is 36.6 Å². The molecule has 2 aliphatic heterocycles. The van der Waals surface area contributed by atoms with Gasteiger partial charge in [0.05, 0.1) is 6.42 Å². The molecule has 2 saturated heterocycles. The van der Waals surface area contributed by atoms with Gasteiger partial charge in [0, 0.05) is 18.0 Å². The molecule has 0 bridgehead atoms. The van der Waals surface area contributed by atoms with Crippen molar-refractivity contribution in [3.63, 3.8) is 0 Å². The predicted octanol–water partition coefficient (Wildman–Crippen LogP) is 2.52. The number of carbonyl (C=O) groups excluding carboxylic acids is 2. The maximum absolute atomic E-state index is 12.5. The summed E-state index contributed by atoms with van der Waals surface area (Å²) in [5, 5.41) is 5.05. The first-order chi connectivity index (χ1) is 12.6. The molecule has 0 saturated carbocycles. The number of amides is 2. The molecule has 0 aliphatic carbocycles. The highest BCUT2D eigenvalue weighted by atomic mass is 32.1. The molecule has 6 heteroatoms. The minimum absolute atomic E-state index is 0.0225. The van der Waals surface area contributed by atoms with Crippen LogP contribution in [-0.4, -0.2) is 60.4 Å². The average molecular weight is 378 g/mol. The van der Waals surface area contributed by atoms with Crippen LogP contribution in [0.3, 0.4) is 0 Å². The lowest BCUT2D eigenvalue weighted by Crippen LogP contribution is -2.47. The number of likely N-dealkylation sites (tertiary alicyclic amines) is 2. The standard InChI is InChI=1S/C20H31N3O2S/c1-16-7-12-22(13-8-16)10-4-9-21-20(25)18-6-2-11-23(18)19(24)15-17-5-3-14-26-17/h3,5,14,16,18H,2,4,6-13,15H2,1H3,(H,21,25)/t18-/m0/s1. The molecular formula is C20H31N3O2S. The molecule has 0 unspecified atom stereocenters. The number of rotatable bonds is 7. The molecule has 0 spiro atoms. The SMILES string of the molecule is CC1CCN(CCCNC(=O)[C@@H]2CCCN2C(=O)Cc2cccs2)CC1. The van der Waals surface area contributed by atoms with E-state index in [-0.39, 0.29) is 17.9 Å². The smallest absolute Gasteiger partial charge is 0.242 e. The van der Waals surface area contributed by atoms with Gasteiger partial charge < -0.3 is 15.1 Å². The van der Waals surface area contributed by atoms with Gasteiger partial charge in [-0.05, 0) is 69.1 Å². The van der Waals surface area contributed by atoms with E-state index in [2.05, 4.69) is 17.1 Å². The van der Waals surface area contributed by atoms with Crippen LogP contribution in [0.15, 0.2) is 17.5 Å². The van der Waals surface area contributed by atoms with Crippen molar-refractivity contribution in [3.8, 4) is 0 Å². The third-order valence-electron chi connectivity index (χ3n) is 5.61. The molecule has 1 N–H and O–H groups in total. The van der Waals surface area contributed by atoms with Gasteiger partial charge in [-0.15, -0.1) is 11.3 Å². The minimum atomic E-state index is -0.279. The van der Waals surface area contributed by atoms with Crippen molar-refractivity contribution in [2.45, 2.75) is 51.5 Å². The molecule has 1 atom stereocenters. The van der Waals surface area contributed by atoms with E-state index in [1.807, 2.05) is 17.5 Å². The lowest BCUT2D eigenvalue weighted by Gasteiger charge is -2.30. The Morgan fingerprint density at radius 1 is 1.23 bits per heavy atom. The molecule has 0 aromatic carbocycles. The zero-order chi connectivity index (χ0) is 18.4. The van der Waals surface area contributed by atoms with Crippen LogP contribution in [0.4, 0.5) is 0 Å². The van der Waals surface area contributed by atoms with Crippen LogP contribution in [0, 0.1) is 5.92 Å². The molecule has 1 aromatic heterocycles. The van der Waals surface area contributed by atoms with E-state index in [9.17, 15) is 9.59 Å². The number of hydrogen-bond donors (Lipinski definition) is 1. The fourth-order valence-corrected chi connectivity index (χ4v) is 4.62. The van der Waals surface area contributed by atoms with Gasteiger partial charge in [0.1, 0.15) is 6.04 Å². The van der Waals surface area contributed by atoms with Crippen molar-refractivity contribution in [2.24, 2.45) is 5.92 Å². The molecule has 144 valence electrons. The quantitative estimate of drug-likeness (QED) is 0.743. The van der Waals surface area contributed by atoms with Crippen LogP contribution in [0.25, 0.3) is 0 Å². The maximum atomic E-state index is 12.5. The van der Waals surface area contributed by atoms with Crippen LogP contribution in [0.2, 0.25) is 0 Å². The van der Waals surface area contributed by atoms with E-state index in [0.29, 0.717) is 19.5 Å². The van der Waals surface area contributed by atoms with Crippen molar-refractivity contribution in [1.82, 2.24) is 15.1 Å². The molecule has 2 amide bonds. The first-order valence-corrected chi connectivity index (χ1v) is 10.8. The zero-order valence-corrected chi connectivity index (χ0v) is 16.6. The number of piperidine rings is 1. The zero-order valence-electron chi connectivity index (χ0n) is 15.8. The molecule has 2 fully saturated rings. The van der Waals surface area contributed by atoms with Crippen molar-refractivity contribution in [2.75, 3.05) is 32.7 Å². The van der Waals surface area contributed by atoms with E-state index < -0.39 is 0 Å². The van der Waals surface area contributed by atoms with Gasteiger partial charge in [0.2, 0.25) is 11.8 Å². The first-order valence-electron chi connectivity index (χ1n) is 9.95. The van der Waals surface area contributed by atoms with E-state index in [1.54, 1.807) is 16.2 Å². The van der Waals surface area contributed by atoms with Gasteiger partial charge in [-0.2, -0.15) is 0 Å². The van der Waals surface area contributed by atoms with E-state index >= 15 is 0 Å². The minimum Gasteiger partial charge on any atom is -0.354 e. The summed E-state index contributed by atoms with van der Waals surface area (Å²) in [6.07, 6.45) is 5.67. The molecule has 5 nitrogen and oxygen atoms in total. The number of thiophene rings is 1. The molecule has 26 heavy (non-hydrogen) atoms. The predicted molar refractivity (Wildman–Crippen MR) is 105 cm³/mol. The summed E-state index contributed by atoms with van der Waals surface area (Å²) in [6.45, 7) is 7.15. The number of hydrogen-bond acceptors (Lipinski definition) is 4. The van der Waals surface area contributed by atoms with Crippen molar-refractivity contribution >= 4 is 23.2 Å². The largest absolute Gasteiger partial charge is 0.354 e. The van der Waals surface area contributed by atoms with Gasteiger partial charge in [0.25, 0.3) is 0 Å². The highest BCUT2D eigenvalue weighted by Gasteiger charge is 2.33. The van der Waals surface area contributed by atoms with Gasteiger partial charge in [-0.3, -0.25) is 9.59 Å². The molecule has 3 heterocycles. The Morgan fingerprint density at radius 3 is 2.77 bits per heavy atom. The highest BCUT2D eigenvalue weighted by Crippen LogP contribution is 2.20. The van der Waals surface area contributed by atoms with Crippen LogP contribution in [-0.2, 0) is 16.0 Å². The van der Waals surface area contributed by atoms with Crippen LogP contribution in [0.5, 0.6) is 0 Å². The lowest BCUT2D eigenvalue weighted by atomic mass is 9.99. The summed E-state index contributed by atoms with van der Waals surface area (Å²) in [5.41, 5.74) is 0. The number of carbonyl (C=O) groups is 2. The van der Waals surface area contributed by atoms with Gasteiger partial charge in [-0.25, -0.2) is 0 Å². The third-order valence-corrected chi connectivity index (χ3v) is 6.48. The maximum Gasteiger partial charge on any atom is 0.242 e. The number of nitrogens with one attached hydrogen (secondary N) is 1. The fraction of sp³-hybridized carbons (Fsp3) is 0.700. The van der Waals surface area contributed by atoms with Crippen LogP contribution < -0.4 is 5.32 Å². The second-order valence-electron chi connectivity index (χ2n) is 7.67. The van der Waals surface area contributed by atoms with Crippen molar-refractivity contribution < 1.29 is 9.59 Å². The van der Waals surface area contributed by atoms with Gasteiger partial charge >= 0.3 is 0 Å². The van der Waals surface area contributed by atoms with Crippen LogP contribution in [0.1, 0.15) is 43.9 Å². The lowest BCUT2D eigenvalue weighted by molar-refractivity contribution is -0.137. The molecule has 3 rings (SSSR count). The van der Waals surface area contributed by atoms with Gasteiger partial charge in [0.15, 0.2) is 0 Å². The third kappa shape index (κ3) is 5.30. The molecule has 0 radical (unpaired) electrons. The fourth-order valence-electron chi connectivity index (χ4n) is 3.92. The second kappa shape index (κ2) is 9.51. The second-order valence-corrected chi connectivity index (χ2v) is 8.70. The molecular weight excluding hydrogens is 346 g/mol. The number of nitrogens with zero attached hydrogens (tertiary/aromatic N) is 2. The molecule has 1 aromatic rings. The first kappa shape index (κ1) is 19.4. The Balaban J connectivity index is 1.38.